The summed E-state index contributed by atoms with van der Waals surface area (Å²) in [7, 11) is 1.28. The van der Waals surface area contributed by atoms with Crippen molar-refractivity contribution in [3.63, 3.8) is 0 Å². The van der Waals surface area contributed by atoms with Crippen LogP contribution >= 0.6 is 12.2 Å². The average Bonchev–Trinajstić information content (AvgIpc) is 2.72. The molecule has 6 heteroatoms. The lowest BCUT2D eigenvalue weighted by molar-refractivity contribution is 0.0593. The zero-order valence-corrected chi connectivity index (χ0v) is 10.4. The Morgan fingerprint density at radius 3 is 2.78 bits per heavy atom. The van der Waals surface area contributed by atoms with E-state index in [2.05, 4.69) is 14.7 Å². The second-order valence-electron chi connectivity index (χ2n) is 3.69. The Morgan fingerprint density at radius 2 is 2.11 bits per heavy atom. The van der Waals surface area contributed by atoms with Gasteiger partial charge < -0.3 is 14.7 Å². The number of aromatic amines is 2. The van der Waals surface area contributed by atoms with Crippen molar-refractivity contribution in [3.05, 3.63) is 51.8 Å². The van der Waals surface area contributed by atoms with Gasteiger partial charge in [-0.05, 0) is 23.8 Å². The molecule has 0 saturated heterocycles. The molecule has 94 valence electrons. The molecule has 0 spiro atoms. The monoisotopic (exact) mass is 266 g/mol. The van der Waals surface area contributed by atoms with Crippen molar-refractivity contribution in [1.82, 2.24) is 9.97 Å². The summed E-state index contributed by atoms with van der Waals surface area (Å²) in [5, 5.41) is 0. The first-order chi connectivity index (χ1) is 8.61. The smallest absolute Gasteiger partial charge is 0.356 e. The highest BCUT2D eigenvalue weighted by Crippen LogP contribution is 2.15. The molecule has 0 aliphatic heterocycles. The van der Waals surface area contributed by atoms with E-state index < -0.39 is 5.97 Å². The summed E-state index contributed by atoms with van der Waals surface area (Å²) < 4.78 is 18.5. The molecule has 2 rings (SSSR count). The first-order valence-electron chi connectivity index (χ1n) is 5.24. The second-order valence-corrected chi connectivity index (χ2v) is 4.10. The molecule has 0 radical (unpaired) electrons. The Hall–Kier alpha value is -1.95. The number of esters is 1. The highest BCUT2D eigenvalue weighted by atomic mass is 32.1. The fourth-order valence-electron chi connectivity index (χ4n) is 1.66. The van der Waals surface area contributed by atoms with Crippen molar-refractivity contribution in [2.45, 2.75) is 6.42 Å². The minimum atomic E-state index is -0.534. The Morgan fingerprint density at radius 1 is 1.39 bits per heavy atom. The Bertz CT molecular complexity index is 633. The Kier molecular flexibility index (Phi) is 3.57. The number of rotatable bonds is 3. The van der Waals surface area contributed by atoms with Gasteiger partial charge in [0.05, 0.1) is 12.8 Å². The molecule has 0 fully saturated rings. The fraction of sp³-hybridized carbons (Fsp3) is 0.167. The molecular formula is C12H11FN2O2S. The number of carbonyl (C=O) groups is 1. The predicted octanol–water partition coefficient (Wildman–Crippen LogP) is 2.59. The number of imidazole rings is 1. The molecule has 0 aliphatic carbocycles. The van der Waals surface area contributed by atoms with Gasteiger partial charge in [-0.2, -0.15) is 0 Å². The van der Waals surface area contributed by atoms with Crippen LogP contribution in [0, 0.1) is 10.6 Å². The third-order valence-electron chi connectivity index (χ3n) is 2.52. The highest BCUT2D eigenvalue weighted by molar-refractivity contribution is 7.71. The average molecular weight is 266 g/mol. The van der Waals surface area contributed by atoms with Gasteiger partial charge >= 0.3 is 5.97 Å². The maximum atomic E-state index is 13.5. The molecule has 18 heavy (non-hydrogen) atoms. The second kappa shape index (κ2) is 5.14. The number of methoxy groups -OCH3 is 1. The van der Waals surface area contributed by atoms with E-state index in [1.807, 2.05) is 0 Å². The maximum absolute atomic E-state index is 13.5. The van der Waals surface area contributed by atoms with Gasteiger partial charge in [0.15, 0.2) is 4.77 Å². The van der Waals surface area contributed by atoms with Crippen LogP contribution in [0.3, 0.4) is 0 Å². The number of carbonyl (C=O) groups excluding carboxylic acids is 1. The van der Waals surface area contributed by atoms with Gasteiger partial charge in [0.25, 0.3) is 0 Å². The predicted molar refractivity (Wildman–Crippen MR) is 66.5 cm³/mol. The molecule has 0 amide bonds. The van der Waals surface area contributed by atoms with E-state index in [0.717, 1.165) is 0 Å². The van der Waals surface area contributed by atoms with Crippen LogP contribution in [0.1, 0.15) is 21.7 Å². The first kappa shape index (κ1) is 12.5. The lowest BCUT2D eigenvalue weighted by Gasteiger charge is -2.03. The van der Waals surface area contributed by atoms with Crippen LogP contribution in [-0.2, 0) is 11.2 Å². The fourth-order valence-corrected chi connectivity index (χ4v) is 1.89. The molecule has 2 N–H and O–H groups in total. The van der Waals surface area contributed by atoms with E-state index in [4.69, 9.17) is 12.2 Å². The van der Waals surface area contributed by atoms with Gasteiger partial charge in [0, 0.05) is 6.42 Å². The van der Waals surface area contributed by atoms with Crippen LogP contribution < -0.4 is 0 Å². The Labute approximate surface area is 108 Å². The highest BCUT2D eigenvalue weighted by Gasteiger charge is 2.16. The van der Waals surface area contributed by atoms with Crippen LogP contribution in [0.2, 0.25) is 0 Å². The standard InChI is InChI=1S/C12H11FN2O2S/c1-17-11(16)10-9(14-12(18)15-10)6-7-4-2-3-5-8(7)13/h2-5H,6H2,1H3,(H2,14,15,18). The topological polar surface area (TPSA) is 57.9 Å². The van der Waals surface area contributed by atoms with Gasteiger partial charge in [0.1, 0.15) is 11.5 Å². The summed E-state index contributed by atoms with van der Waals surface area (Å²) >= 11 is 4.92. The molecule has 1 aromatic heterocycles. The van der Waals surface area contributed by atoms with Gasteiger partial charge in [-0.25, -0.2) is 9.18 Å². The molecule has 4 nitrogen and oxygen atoms in total. The van der Waals surface area contributed by atoms with E-state index in [1.165, 1.54) is 13.2 Å². The number of ether oxygens (including phenoxy) is 1. The number of hydrogen-bond acceptors (Lipinski definition) is 3. The molecule has 1 heterocycles. The summed E-state index contributed by atoms with van der Waals surface area (Å²) in [6.45, 7) is 0. The largest absolute Gasteiger partial charge is 0.464 e. The van der Waals surface area contributed by atoms with E-state index >= 15 is 0 Å². The van der Waals surface area contributed by atoms with Crippen LogP contribution in [0.15, 0.2) is 24.3 Å². The zero-order valence-electron chi connectivity index (χ0n) is 9.62. The summed E-state index contributed by atoms with van der Waals surface area (Å²) in [6.07, 6.45) is 0.240. The lowest BCUT2D eigenvalue weighted by Crippen LogP contribution is -2.06. The molecule has 2 aromatic rings. The number of aromatic nitrogens is 2. The van der Waals surface area contributed by atoms with Crippen LogP contribution in [-0.4, -0.2) is 23.0 Å². The van der Waals surface area contributed by atoms with E-state index in [-0.39, 0.29) is 17.9 Å². The summed E-state index contributed by atoms with van der Waals surface area (Å²) in [5.74, 6) is -0.859. The minimum absolute atomic E-state index is 0.228. The molecule has 0 aliphatic rings. The molecule has 1 aromatic carbocycles. The van der Waals surface area contributed by atoms with Gasteiger partial charge in [-0.3, -0.25) is 0 Å². The van der Waals surface area contributed by atoms with Gasteiger partial charge in [-0.1, -0.05) is 18.2 Å². The van der Waals surface area contributed by atoms with E-state index in [0.29, 0.717) is 16.0 Å². The normalized spacial score (nSPS) is 10.3. The van der Waals surface area contributed by atoms with Gasteiger partial charge in [-0.15, -0.1) is 0 Å². The van der Waals surface area contributed by atoms with E-state index in [9.17, 15) is 9.18 Å². The number of benzene rings is 1. The van der Waals surface area contributed by atoms with Gasteiger partial charge in [0.2, 0.25) is 0 Å². The number of nitrogens with one attached hydrogen (secondary N) is 2. The van der Waals surface area contributed by atoms with Crippen molar-refractivity contribution >= 4 is 18.2 Å². The van der Waals surface area contributed by atoms with Crippen LogP contribution in [0.25, 0.3) is 0 Å². The van der Waals surface area contributed by atoms with E-state index in [1.54, 1.807) is 18.2 Å². The number of H-pyrrole nitrogens is 2. The maximum Gasteiger partial charge on any atom is 0.356 e. The van der Waals surface area contributed by atoms with Crippen molar-refractivity contribution in [2.75, 3.05) is 7.11 Å². The quantitative estimate of drug-likeness (QED) is 0.663. The van der Waals surface area contributed by atoms with Crippen LogP contribution in [0.5, 0.6) is 0 Å². The third kappa shape index (κ3) is 2.48. The molecule has 0 bridgehead atoms. The zero-order chi connectivity index (χ0) is 13.1. The van der Waals surface area contributed by atoms with Crippen molar-refractivity contribution in [2.24, 2.45) is 0 Å². The lowest BCUT2D eigenvalue weighted by atomic mass is 10.1. The van der Waals surface area contributed by atoms with Crippen molar-refractivity contribution in [3.8, 4) is 0 Å². The minimum Gasteiger partial charge on any atom is -0.464 e. The molecule has 0 atom stereocenters. The van der Waals surface area contributed by atoms with Crippen LogP contribution in [0.4, 0.5) is 4.39 Å². The Balaban J connectivity index is 2.38. The summed E-state index contributed by atoms with van der Waals surface area (Å²) in [6, 6.07) is 6.37. The first-order valence-corrected chi connectivity index (χ1v) is 5.65. The molecular weight excluding hydrogens is 255 g/mol. The third-order valence-corrected chi connectivity index (χ3v) is 2.72. The van der Waals surface area contributed by atoms with Crippen molar-refractivity contribution < 1.29 is 13.9 Å². The number of hydrogen-bond donors (Lipinski definition) is 2. The number of halogens is 1. The SMILES string of the molecule is COC(=O)c1[nH]c(=S)[nH]c1Cc1ccccc1F. The summed E-state index contributed by atoms with van der Waals surface area (Å²) in [5.41, 5.74) is 1.22. The summed E-state index contributed by atoms with van der Waals surface area (Å²) in [4.78, 5) is 17.0. The molecule has 0 unspecified atom stereocenters. The molecule has 0 saturated carbocycles. The van der Waals surface area contributed by atoms with Crippen molar-refractivity contribution in [1.29, 1.82) is 0 Å².